The van der Waals surface area contributed by atoms with Gasteiger partial charge in [0.1, 0.15) is 0 Å². The average Bonchev–Trinajstić information content (AvgIpc) is 3.05. The van der Waals surface area contributed by atoms with E-state index in [-0.39, 0.29) is 0 Å². The van der Waals surface area contributed by atoms with Gasteiger partial charge in [-0.25, -0.2) is 4.98 Å². The van der Waals surface area contributed by atoms with Gasteiger partial charge in [-0.1, -0.05) is 18.2 Å². The molecule has 0 saturated heterocycles. The molecule has 0 saturated carbocycles. The number of hydrogen-bond donors (Lipinski definition) is 1. The predicted molar refractivity (Wildman–Crippen MR) is 74.7 cm³/mol. The molecule has 0 amide bonds. The molecule has 0 aliphatic carbocycles. The predicted octanol–water partition coefficient (Wildman–Crippen LogP) is 3.84. The lowest BCUT2D eigenvalue weighted by atomic mass is 10.0. The van der Waals surface area contributed by atoms with Gasteiger partial charge in [-0.05, 0) is 29.3 Å². The van der Waals surface area contributed by atoms with Crippen molar-refractivity contribution in [2.45, 2.75) is 0 Å². The maximum atomic E-state index is 4.31. The van der Waals surface area contributed by atoms with Crippen molar-refractivity contribution >= 4 is 32.5 Å². The van der Waals surface area contributed by atoms with Crippen LogP contribution in [0.2, 0.25) is 0 Å². The van der Waals surface area contributed by atoms with E-state index in [0.717, 1.165) is 16.4 Å². The Morgan fingerprint density at radius 3 is 3.11 bits per heavy atom. The van der Waals surface area contributed by atoms with Crippen molar-refractivity contribution < 1.29 is 0 Å². The molecule has 4 rings (SSSR count). The van der Waals surface area contributed by atoms with Crippen LogP contribution in [0.5, 0.6) is 0 Å². The van der Waals surface area contributed by atoms with Crippen LogP contribution in [0.25, 0.3) is 32.2 Å². The third kappa shape index (κ3) is 1.36. The average molecular weight is 251 g/mol. The van der Waals surface area contributed by atoms with Crippen LogP contribution >= 0.6 is 11.3 Å². The van der Waals surface area contributed by atoms with E-state index in [2.05, 4.69) is 39.4 Å². The van der Waals surface area contributed by atoms with Crippen LogP contribution in [0.3, 0.4) is 0 Å². The molecule has 2 heterocycles. The number of nitrogens with one attached hydrogen (secondary N) is 1. The maximum absolute atomic E-state index is 4.31. The Kier molecular flexibility index (Phi) is 1.98. The van der Waals surface area contributed by atoms with Crippen molar-refractivity contribution in [3.8, 4) is 11.1 Å². The minimum absolute atomic E-state index is 1.06. The van der Waals surface area contributed by atoms with Crippen LogP contribution < -0.4 is 0 Å². The first-order valence-corrected chi connectivity index (χ1v) is 6.55. The molecule has 0 fully saturated rings. The molecule has 3 nitrogen and oxygen atoms in total. The molecule has 2 aromatic heterocycles. The summed E-state index contributed by atoms with van der Waals surface area (Å²) in [5, 5.41) is 8.26. The largest absolute Gasteiger partial charge is 0.278 e. The third-order valence-electron chi connectivity index (χ3n) is 3.13. The molecule has 4 aromatic rings. The summed E-state index contributed by atoms with van der Waals surface area (Å²) in [6.07, 6.45) is 1.88. The van der Waals surface area contributed by atoms with Crippen molar-refractivity contribution in [1.29, 1.82) is 0 Å². The molecule has 0 spiro atoms. The summed E-state index contributed by atoms with van der Waals surface area (Å²) in [4.78, 5) is 4.31. The summed E-state index contributed by atoms with van der Waals surface area (Å²) >= 11 is 1.67. The fourth-order valence-electron chi connectivity index (χ4n) is 2.24. The summed E-state index contributed by atoms with van der Waals surface area (Å²) in [7, 11) is 0. The molecular formula is C14H9N3S. The van der Waals surface area contributed by atoms with E-state index in [9.17, 15) is 0 Å². The van der Waals surface area contributed by atoms with Crippen LogP contribution in [0.4, 0.5) is 0 Å². The molecular weight excluding hydrogens is 242 g/mol. The number of aromatic amines is 1. The van der Waals surface area contributed by atoms with Gasteiger partial charge in [0.15, 0.2) is 0 Å². The molecule has 0 aliphatic heterocycles. The highest BCUT2D eigenvalue weighted by molar-refractivity contribution is 7.16. The van der Waals surface area contributed by atoms with Crippen molar-refractivity contribution in [3.05, 3.63) is 48.1 Å². The van der Waals surface area contributed by atoms with Crippen LogP contribution in [-0.4, -0.2) is 15.2 Å². The van der Waals surface area contributed by atoms with Crippen molar-refractivity contribution in [2.75, 3.05) is 0 Å². The van der Waals surface area contributed by atoms with E-state index in [1.54, 1.807) is 11.3 Å². The molecule has 86 valence electrons. The van der Waals surface area contributed by atoms with Crippen LogP contribution in [0.1, 0.15) is 0 Å². The number of benzene rings is 2. The molecule has 0 atom stereocenters. The second-order valence-corrected chi connectivity index (χ2v) is 5.06. The van der Waals surface area contributed by atoms with E-state index in [1.807, 2.05) is 23.8 Å². The Hall–Kier alpha value is -2.20. The Labute approximate surface area is 107 Å². The number of rotatable bonds is 1. The molecule has 0 unspecified atom stereocenters. The highest BCUT2D eigenvalue weighted by Crippen LogP contribution is 2.30. The quantitative estimate of drug-likeness (QED) is 0.558. The number of aromatic nitrogens is 3. The highest BCUT2D eigenvalue weighted by atomic mass is 32.1. The van der Waals surface area contributed by atoms with Crippen molar-refractivity contribution in [1.82, 2.24) is 15.2 Å². The van der Waals surface area contributed by atoms with Crippen molar-refractivity contribution in [2.24, 2.45) is 0 Å². The van der Waals surface area contributed by atoms with E-state index in [1.165, 1.54) is 15.8 Å². The first kappa shape index (κ1) is 9.79. The zero-order valence-corrected chi connectivity index (χ0v) is 10.2. The third-order valence-corrected chi connectivity index (χ3v) is 3.92. The monoisotopic (exact) mass is 251 g/mol. The normalized spacial score (nSPS) is 11.3. The Morgan fingerprint density at radius 1 is 1.11 bits per heavy atom. The Bertz CT molecular complexity index is 844. The van der Waals surface area contributed by atoms with Gasteiger partial charge in [-0.2, -0.15) is 5.10 Å². The summed E-state index contributed by atoms with van der Waals surface area (Å²) < 4.78 is 1.22. The van der Waals surface area contributed by atoms with Gasteiger partial charge in [0.25, 0.3) is 0 Å². The first-order valence-electron chi connectivity index (χ1n) is 5.67. The summed E-state index contributed by atoms with van der Waals surface area (Å²) in [5.41, 5.74) is 6.42. The minimum Gasteiger partial charge on any atom is -0.278 e. The zero-order chi connectivity index (χ0) is 11.9. The lowest BCUT2D eigenvalue weighted by Gasteiger charge is -2.03. The van der Waals surface area contributed by atoms with Gasteiger partial charge in [0.2, 0.25) is 0 Å². The first-order chi connectivity index (χ1) is 8.92. The fourth-order valence-corrected chi connectivity index (χ4v) is 2.96. The fraction of sp³-hybridized carbons (Fsp3) is 0. The number of thiazole rings is 1. The van der Waals surface area contributed by atoms with Gasteiger partial charge in [-0.15, -0.1) is 11.3 Å². The SMILES string of the molecule is c1cc(-c2ccc3ncsc3c2)c2cn[nH]c2c1. The smallest absolute Gasteiger partial charge is 0.0812 e. The Balaban J connectivity index is 2.03. The van der Waals surface area contributed by atoms with Gasteiger partial charge in [0, 0.05) is 5.39 Å². The highest BCUT2D eigenvalue weighted by Gasteiger charge is 2.06. The number of nitrogens with zero attached hydrogens (tertiary/aromatic N) is 2. The number of fused-ring (bicyclic) bond motifs is 2. The molecule has 18 heavy (non-hydrogen) atoms. The van der Waals surface area contributed by atoms with Crippen molar-refractivity contribution in [3.63, 3.8) is 0 Å². The van der Waals surface area contributed by atoms with Gasteiger partial charge < -0.3 is 0 Å². The number of H-pyrrole nitrogens is 1. The molecule has 4 heteroatoms. The van der Waals surface area contributed by atoms with E-state index in [4.69, 9.17) is 0 Å². The Morgan fingerprint density at radius 2 is 2.11 bits per heavy atom. The summed E-state index contributed by atoms with van der Waals surface area (Å²) in [6, 6.07) is 12.6. The maximum Gasteiger partial charge on any atom is 0.0812 e. The molecule has 0 aliphatic rings. The lowest BCUT2D eigenvalue weighted by Crippen LogP contribution is -1.79. The van der Waals surface area contributed by atoms with Crippen LogP contribution in [-0.2, 0) is 0 Å². The lowest BCUT2D eigenvalue weighted by molar-refractivity contribution is 1.12. The number of hydrogen-bond acceptors (Lipinski definition) is 3. The van der Waals surface area contributed by atoms with E-state index >= 15 is 0 Å². The minimum atomic E-state index is 1.06. The standard InChI is InChI=1S/C14H9N3S/c1-2-10(11-7-16-17-12(11)3-1)9-4-5-13-14(6-9)18-8-15-13/h1-8H,(H,16,17). The molecule has 0 radical (unpaired) electrons. The summed E-state index contributed by atoms with van der Waals surface area (Å²) in [5.74, 6) is 0. The topological polar surface area (TPSA) is 41.6 Å². The zero-order valence-electron chi connectivity index (χ0n) is 9.42. The summed E-state index contributed by atoms with van der Waals surface area (Å²) in [6.45, 7) is 0. The second kappa shape index (κ2) is 3.65. The molecule has 2 aromatic carbocycles. The van der Waals surface area contributed by atoms with Gasteiger partial charge >= 0.3 is 0 Å². The molecule has 1 N–H and O–H groups in total. The van der Waals surface area contributed by atoms with E-state index in [0.29, 0.717) is 0 Å². The van der Waals surface area contributed by atoms with Gasteiger partial charge in [-0.3, -0.25) is 5.10 Å². The second-order valence-electron chi connectivity index (χ2n) is 4.17. The van der Waals surface area contributed by atoms with Gasteiger partial charge in [0.05, 0.1) is 27.4 Å². The van der Waals surface area contributed by atoms with E-state index < -0.39 is 0 Å². The van der Waals surface area contributed by atoms with Crippen LogP contribution in [0.15, 0.2) is 48.1 Å². The molecule has 0 bridgehead atoms. The van der Waals surface area contributed by atoms with Crippen LogP contribution in [0, 0.1) is 0 Å².